The van der Waals surface area contributed by atoms with Crippen molar-refractivity contribution >= 4 is 23.3 Å². The summed E-state index contributed by atoms with van der Waals surface area (Å²) in [5.41, 5.74) is 3.27. The lowest BCUT2D eigenvalue weighted by atomic mass is 9.96. The maximum Gasteiger partial charge on any atom is 0.253 e. The first kappa shape index (κ1) is 29.9. The van der Waals surface area contributed by atoms with E-state index in [1.165, 1.54) is 6.07 Å². The van der Waals surface area contributed by atoms with Crippen LogP contribution in [0.25, 0.3) is 0 Å². The monoisotopic (exact) mass is 600 g/mol. The minimum absolute atomic E-state index is 0.0681. The summed E-state index contributed by atoms with van der Waals surface area (Å²) in [4.78, 5) is 37.3. The average molecular weight is 601 g/mol. The fraction of sp³-hybridized carbons (Fsp3) is 0.441. The van der Waals surface area contributed by atoms with Crippen LogP contribution in [0, 0.1) is 12.7 Å². The van der Waals surface area contributed by atoms with Crippen molar-refractivity contribution in [3.63, 3.8) is 0 Å². The lowest BCUT2D eigenvalue weighted by Gasteiger charge is -2.40. The topological polar surface area (TPSA) is 90.0 Å². The van der Waals surface area contributed by atoms with Crippen LogP contribution in [0.1, 0.15) is 57.5 Å². The van der Waals surface area contributed by atoms with Crippen LogP contribution in [0.3, 0.4) is 0 Å². The van der Waals surface area contributed by atoms with Gasteiger partial charge < -0.3 is 30.1 Å². The molecule has 9 nitrogen and oxygen atoms in total. The number of fused-ring (bicyclic) bond motifs is 2. The molecule has 10 heteroatoms. The van der Waals surface area contributed by atoms with E-state index in [1.807, 2.05) is 37.3 Å². The number of aromatic nitrogens is 1. The van der Waals surface area contributed by atoms with Crippen LogP contribution in [0.2, 0.25) is 0 Å². The minimum Gasteiger partial charge on any atom is -0.496 e. The van der Waals surface area contributed by atoms with Gasteiger partial charge in [-0.25, -0.2) is 9.37 Å². The Morgan fingerprint density at radius 3 is 2.41 bits per heavy atom. The number of hydrogen-bond acceptors (Lipinski definition) is 7. The molecule has 232 valence electrons. The Morgan fingerprint density at radius 1 is 1.00 bits per heavy atom. The lowest BCUT2D eigenvalue weighted by molar-refractivity contribution is 0.0923. The van der Waals surface area contributed by atoms with Crippen molar-refractivity contribution in [2.24, 2.45) is 0 Å². The Balaban J connectivity index is 1.03. The summed E-state index contributed by atoms with van der Waals surface area (Å²) >= 11 is 0. The highest BCUT2D eigenvalue weighted by Crippen LogP contribution is 2.38. The number of nitrogens with one attached hydrogen (secondary N) is 2. The van der Waals surface area contributed by atoms with Crippen molar-refractivity contribution in [2.45, 2.75) is 57.3 Å². The van der Waals surface area contributed by atoms with E-state index in [9.17, 15) is 14.0 Å². The zero-order valence-electron chi connectivity index (χ0n) is 25.7. The number of piperazine rings is 1. The molecule has 44 heavy (non-hydrogen) atoms. The number of carbonyl (C=O) groups excluding carboxylic acids is 2. The zero-order valence-corrected chi connectivity index (χ0v) is 25.7. The number of benzene rings is 2. The normalized spacial score (nSPS) is 21.7. The number of pyridine rings is 1. The summed E-state index contributed by atoms with van der Waals surface area (Å²) in [7, 11) is 3.69. The molecule has 3 aliphatic heterocycles. The van der Waals surface area contributed by atoms with Gasteiger partial charge in [0.1, 0.15) is 17.4 Å². The van der Waals surface area contributed by atoms with Crippen LogP contribution in [-0.4, -0.2) is 80.2 Å². The molecule has 2 aromatic carbocycles. The van der Waals surface area contributed by atoms with E-state index in [-0.39, 0.29) is 42.3 Å². The third-order valence-electron chi connectivity index (χ3n) is 9.40. The molecule has 2 atom stereocenters. The van der Waals surface area contributed by atoms with E-state index in [4.69, 9.17) is 4.74 Å². The van der Waals surface area contributed by atoms with Crippen molar-refractivity contribution < 1.29 is 18.7 Å². The third-order valence-corrected chi connectivity index (χ3v) is 9.40. The summed E-state index contributed by atoms with van der Waals surface area (Å²) in [6, 6.07) is 15.1. The maximum atomic E-state index is 14.9. The number of nitrogens with zero attached hydrogens (tertiary/aromatic N) is 4. The van der Waals surface area contributed by atoms with E-state index >= 15 is 0 Å². The quantitative estimate of drug-likeness (QED) is 0.402. The molecular weight excluding hydrogens is 559 g/mol. The van der Waals surface area contributed by atoms with Crippen LogP contribution in [0.4, 0.5) is 15.9 Å². The molecule has 0 spiro atoms. The van der Waals surface area contributed by atoms with Gasteiger partial charge in [0.25, 0.3) is 11.8 Å². The molecule has 3 aromatic rings. The first-order valence-corrected chi connectivity index (χ1v) is 15.5. The van der Waals surface area contributed by atoms with Gasteiger partial charge in [0, 0.05) is 68.2 Å². The second kappa shape index (κ2) is 12.8. The Labute approximate surface area is 258 Å². The fourth-order valence-electron chi connectivity index (χ4n) is 6.94. The van der Waals surface area contributed by atoms with Crippen LogP contribution in [0.5, 0.6) is 5.75 Å². The van der Waals surface area contributed by atoms with Crippen molar-refractivity contribution in [2.75, 3.05) is 50.1 Å². The standard InChI is InChI=1S/C34H41FN6O3/c1-22-28(5-4-6-31(22)44-3)34(43)38-25-18-26-9-10-27(19-25)41(26)32-12-8-24(21-36-32)33(42)37-20-23-7-11-30(29(35)17-23)40-15-13-39(2)14-16-40/h4-8,11-12,17,21,25-27H,9-10,13-16,18-20H2,1-3H3,(H,37,42)(H,38,43). The number of ether oxygens (including phenoxy) is 1. The van der Waals surface area contributed by atoms with E-state index < -0.39 is 0 Å². The average Bonchev–Trinajstić information content (AvgIpc) is 3.30. The lowest BCUT2D eigenvalue weighted by Crippen LogP contribution is -2.50. The number of methoxy groups -OCH3 is 1. The molecule has 2 bridgehead atoms. The molecule has 1 aromatic heterocycles. The highest BCUT2D eigenvalue weighted by atomic mass is 19.1. The van der Waals surface area contributed by atoms with Crippen LogP contribution >= 0.6 is 0 Å². The maximum absolute atomic E-state index is 14.9. The number of anilines is 2. The Hall–Kier alpha value is -4.18. The van der Waals surface area contributed by atoms with Gasteiger partial charge in [-0.1, -0.05) is 12.1 Å². The highest BCUT2D eigenvalue weighted by molar-refractivity contribution is 5.96. The first-order valence-electron chi connectivity index (χ1n) is 15.5. The van der Waals surface area contributed by atoms with Gasteiger partial charge in [0.2, 0.25) is 0 Å². The highest BCUT2D eigenvalue weighted by Gasteiger charge is 2.42. The largest absolute Gasteiger partial charge is 0.496 e. The van der Waals surface area contributed by atoms with Gasteiger partial charge in [0.15, 0.2) is 0 Å². The Kier molecular flexibility index (Phi) is 8.70. The van der Waals surface area contributed by atoms with E-state index in [2.05, 4.69) is 37.4 Å². The molecule has 4 heterocycles. The molecular formula is C34H41FN6O3. The SMILES string of the molecule is COc1cccc(C(=O)NC2CC3CCC(C2)N3c2ccc(C(=O)NCc3ccc(N4CCN(C)CC4)c(F)c3)cn2)c1C. The van der Waals surface area contributed by atoms with Crippen molar-refractivity contribution in [3.8, 4) is 5.75 Å². The molecule has 0 saturated carbocycles. The van der Waals surface area contributed by atoms with Gasteiger partial charge >= 0.3 is 0 Å². The van der Waals surface area contributed by atoms with Crippen molar-refractivity contribution in [1.29, 1.82) is 0 Å². The van der Waals surface area contributed by atoms with E-state index in [1.54, 1.807) is 25.4 Å². The van der Waals surface area contributed by atoms with Crippen molar-refractivity contribution in [1.82, 2.24) is 20.5 Å². The van der Waals surface area contributed by atoms with Gasteiger partial charge in [-0.3, -0.25) is 9.59 Å². The molecule has 3 aliphatic rings. The predicted octanol–water partition coefficient (Wildman–Crippen LogP) is 4.15. The fourth-order valence-corrected chi connectivity index (χ4v) is 6.94. The number of rotatable bonds is 8. The Morgan fingerprint density at radius 2 is 1.75 bits per heavy atom. The molecule has 2 unspecified atom stereocenters. The number of amides is 2. The number of likely N-dealkylation sites (N-methyl/N-ethyl adjacent to an activating group) is 1. The van der Waals surface area contributed by atoms with Crippen LogP contribution < -0.4 is 25.2 Å². The smallest absolute Gasteiger partial charge is 0.253 e. The van der Waals surface area contributed by atoms with Crippen LogP contribution in [0.15, 0.2) is 54.7 Å². The summed E-state index contributed by atoms with van der Waals surface area (Å²) in [5.74, 6) is 0.982. The van der Waals surface area contributed by atoms with Gasteiger partial charge in [0.05, 0.1) is 18.4 Å². The molecule has 0 radical (unpaired) electrons. The summed E-state index contributed by atoms with van der Waals surface area (Å²) in [6.07, 6.45) is 5.39. The van der Waals surface area contributed by atoms with Crippen LogP contribution in [-0.2, 0) is 6.54 Å². The molecule has 3 saturated heterocycles. The van der Waals surface area contributed by atoms with Gasteiger partial charge in [-0.05, 0) is 81.6 Å². The summed E-state index contributed by atoms with van der Waals surface area (Å²) < 4.78 is 20.3. The zero-order chi connectivity index (χ0) is 30.8. The van der Waals surface area contributed by atoms with Gasteiger partial charge in [-0.15, -0.1) is 0 Å². The van der Waals surface area contributed by atoms with E-state index in [0.29, 0.717) is 28.1 Å². The first-order chi connectivity index (χ1) is 21.3. The second-order valence-electron chi connectivity index (χ2n) is 12.2. The molecule has 2 amide bonds. The number of carbonyl (C=O) groups is 2. The predicted molar refractivity (Wildman–Crippen MR) is 169 cm³/mol. The molecule has 3 fully saturated rings. The van der Waals surface area contributed by atoms with Gasteiger partial charge in [-0.2, -0.15) is 0 Å². The molecule has 0 aliphatic carbocycles. The molecule has 2 N–H and O–H groups in total. The number of hydrogen-bond donors (Lipinski definition) is 2. The van der Waals surface area contributed by atoms with E-state index in [0.717, 1.165) is 63.2 Å². The summed E-state index contributed by atoms with van der Waals surface area (Å²) in [6.45, 7) is 5.56. The Bertz CT molecular complexity index is 1490. The third kappa shape index (κ3) is 6.22. The number of piperidine rings is 1. The molecule has 6 rings (SSSR count). The second-order valence-corrected chi connectivity index (χ2v) is 12.2. The summed E-state index contributed by atoms with van der Waals surface area (Å²) in [5, 5.41) is 6.15. The minimum atomic E-state index is -0.263. The van der Waals surface area contributed by atoms with Crippen molar-refractivity contribution in [3.05, 3.63) is 82.8 Å². The number of halogens is 1.